The van der Waals surface area contributed by atoms with Crippen LogP contribution in [0.1, 0.15) is 36.8 Å². The Morgan fingerprint density at radius 3 is 2.38 bits per heavy atom. The maximum atomic E-state index is 13.0. The van der Waals surface area contributed by atoms with Crippen molar-refractivity contribution in [3.63, 3.8) is 0 Å². The smallest absolute Gasteiger partial charge is 0.257 e. The summed E-state index contributed by atoms with van der Waals surface area (Å²) in [5, 5.41) is 4.38. The summed E-state index contributed by atoms with van der Waals surface area (Å²) < 4.78 is 1.73. The van der Waals surface area contributed by atoms with Crippen molar-refractivity contribution in [3.05, 3.63) is 41.9 Å². The van der Waals surface area contributed by atoms with Gasteiger partial charge in [0, 0.05) is 38.3 Å². The first-order chi connectivity index (χ1) is 12.5. The van der Waals surface area contributed by atoms with Crippen molar-refractivity contribution in [2.75, 3.05) is 26.2 Å². The van der Waals surface area contributed by atoms with Crippen molar-refractivity contribution in [2.45, 2.75) is 27.2 Å². The highest BCUT2D eigenvalue weighted by Gasteiger charge is 2.28. The van der Waals surface area contributed by atoms with Crippen LogP contribution in [0.2, 0.25) is 0 Å². The van der Waals surface area contributed by atoms with Crippen LogP contribution in [0.4, 0.5) is 0 Å². The molecule has 2 amide bonds. The molecule has 0 radical (unpaired) electrons. The van der Waals surface area contributed by atoms with E-state index in [4.69, 9.17) is 0 Å². The molecule has 7 heteroatoms. The second-order valence-electron chi connectivity index (χ2n) is 6.73. The van der Waals surface area contributed by atoms with Gasteiger partial charge in [-0.05, 0) is 18.6 Å². The normalized spacial score (nSPS) is 14.8. The van der Waals surface area contributed by atoms with E-state index in [1.54, 1.807) is 17.1 Å². The molecule has 2 aromatic heterocycles. The lowest BCUT2D eigenvalue weighted by atomic mass is 10.1. The van der Waals surface area contributed by atoms with Crippen LogP contribution in [0.15, 0.2) is 30.6 Å². The van der Waals surface area contributed by atoms with E-state index in [0.717, 1.165) is 5.69 Å². The van der Waals surface area contributed by atoms with Crippen molar-refractivity contribution in [1.82, 2.24) is 24.6 Å². The van der Waals surface area contributed by atoms with Crippen molar-refractivity contribution >= 4 is 11.8 Å². The Kier molecular flexibility index (Phi) is 5.35. The SMILES string of the molecule is CCc1c(C(=O)N2CCN(C(=O)C(C)C)CC2)cnn1-c1ccccn1. The lowest BCUT2D eigenvalue weighted by Crippen LogP contribution is -2.51. The minimum absolute atomic E-state index is 0.0134. The van der Waals surface area contributed by atoms with Gasteiger partial charge in [-0.1, -0.05) is 26.8 Å². The fourth-order valence-electron chi connectivity index (χ4n) is 3.23. The number of nitrogens with zero attached hydrogens (tertiary/aromatic N) is 5. The zero-order valence-electron chi connectivity index (χ0n) is 15.6. The van der Waals surface area contributed by atoms with Crippen LogP contribution in [-0.2, 0) is 11.2 Å². The van der Waals surface area contributed by atoms with Gasteiger partial charge in [-0.2, -0.15) is 5.10 Å². The average molecular weight is 355 g/mol. The lowest BCUT2D eigenvalue weighted by Gasteiger charge is -2.35. The molecule has 0 spiro atoms. The molecule has 0 N–H and O–H groups in total. The predicted octanol–water partition coefficient (Wildman–Crippen LogP) is 1.77. The van der Waals surface area contributed by atoms with E-state index in [-0.39, 0.29) is 17.7 Å². The largest absolute Gasteiger partial charge is 0.339 e. The molecule has 0 aliphatic carbocycles. The van der Waals surface area contributed by atoms with Gasteiger partial charge >= 0.3 is 0 Å². The molecule has 0 unspecified atom stereocenters. The number of pyridine rings is 1. The summed E-state index contributed by atoms with van der Waals surface area (Å²) in [6.45, 7) is 8.08. The van der Waals surface area contributed by atoms with Crippen molar-refractivity contribution in [3.8, 4) is 5.82 Å². The number of carbonyl (C=O) groups excluding carboxylic acids is 2. The van der Waals surface area contributed by atoms with Gasteiger partial charge in [0.15, 0.2) is 5.82 Å². The minimum Gasteiger partial charge on any atom is -0.339 e. The molecular weight excluding hydrogens is 330 g/mol. The van der Waals surface area contributed by atoms with Crippen LogP contribution in [0.25, 0.3) is 5.82 Å². The minimum atomic E-state index is -0.0272. The fraction of sp³-hybridized carbons (Fsp3) is 0.474. The maximum absolute atomic E-state index is 13.0. The Bertz CT molecular complexity index is 776. The van der Waals surface area contributed by atoms with Crippen molar-refractivity contribution in [1.29, 1.82) is 0 Å². The molecule has 1 aliphatic rings. The summed E-state index contributed by atoms with van der Waals surface area (Å²) in [6, 6.07) is 5.62. The van der Waals surface area contributed by atoms with Crippen LogP contribution < -0.4 is 0 Å². The zero-order chi connectivity index (χ0) is 18.7. The summed E-state index contributed by atoms with van der Waals surface area (Å²) in [4.78, 5) is 33.1. The van der Waals surface area contributed by atoms with Gasteiger partial charge < -0.3 is 9.80 Å². The monoisotopic (exact) mass is 355 g/mol. The van der Waals surface area contributed by atoms with Crippen molar-refractivity contribution in [2.24, 2.45) is 5.92 Å². The van der Waals surface area contributed by atoms with Gasteiger partial charge in [0.2, 0.25) is 5.91 Å². The second kappa shape index (κ2) is 7.68. The third-order valence-corrected chi connectivity index (χ3v) is 4.67. The van der Waals surface area contributed by atoms with Gasteiger partial charge in [-0.15, -0.1) is 0 Å². The summed E-state index contributed by atoms with van der Waals surface area (Å²) >= 11 is 0. The molecule has 0 bridgehead atoms. The summed E-state index contributed by atoms with van der Waals surface area (Å²) in [5.74, 6) is 0.811. The number of amides is 2. The van der Waals surface area contributed by atoms with Crippen LogP contribution in [0.3, 0.4) is 0 Å². The average Bonchev–Trinajstić information content (AvgIpc) is 3.11. The Morgan fingerprint density at radius 2 is 1.81 bits per heavy atom. The molecule has 138 valence electrons. The van der Waals surface area contributed by atoms with Crippen LogP contribution in [0.5, 0.6) is 0 Å². The van der Waals surface area contributed by atoms with Gasteiger partial charge in [0.25, 0.3) is 5.91 Å². The fourth-order valence-corrected chi connectivity index (χ4v) is 3.23. The predicted molar refractivity (Wildman–Crippen MR) is 98.1 cm³/mol. The van der Waals surface area contributed by atoms with E-state index in [1.165, 1.54) is 0 Å². The molecule has 1 fully saturated rings. The first kappa shape index (κ1) is 18.1. The molecule has 1 aliphatic heterocycles. The lowest BCUT2D eigenvalue weighted by molar-refractivity contribution is -0.135. The van der Waals surface area contributed by atoms with E-state index in [0.29, 0.717) is 44.0 Å². The molecule has 26 heavy (non-hydrogen) atoms. The molecule has 0 aromatic carbocycles. The highest BCUT2D eigenvalue weighted by atomic mass is 16.2. The molecular formula is C19H25N5O2. The number of hydrogen-bond donors (Lipinski definition) is 0. The zero-order valence-corrected chi connectivity index (χ0v) is 15.6. The van der Waals surface area contributed by atoms with Gasteiger partial charge in [0.05, 0.1) is 17.5 Å². The Morgan fingerprint density at radius 1 is 1.12 bits per heavy atom. The standard InChI is InChI=1S/C19H25N5O2/c1-4-16-15(13-21-24(16)17-7-5-6-8-20-17)19(26)23-11-9-22(10-12-23)18(25)14(2)3/h5-8,13-14H,4,9-12H2,1-3H3. The number of carbonyl (C=O) groups is 2. The van der Waals surface area contributed by atoms with Gasteiger partial charge in [0.1, 0.15) is 0 Å². The topological polar surface area (TPSA) is 71.3 Å². The molecule has 2 aromatic rings. The molecule has 0 atom stereocenters. The highest BCUT2D eigenvalue weighted by Crippen LogP contribution is 2.17. The third kappa shape index (κ3) is 3.47. The second-order valence-corrected chi connectivity index (χ2v) is 6.73. The van der Waals surface area contributed by atoms with Crippen LogP contribution in [-0.4, -0.2) is 62.6 Å². The van der Waals surface area contributed by atoms with Gasteiger partial charge in [-0.3, -0.25) is 9.59 Å². The van der Waals surface area contributed by atoms with Gasteiger partial charge in [-0.25, -0.2) is 9.67 Å². The Balaban J connectivity index is 1.75. The number of rotatable bonds is 4. The first-order valence-corrected chi connectivity index (χ1v) is 9.09. The maximum Gasteiger partial charge on any atom is 0.257 e. The third-order valence-electron chi connectivity index (χ3n) is 4.67. The molecule has 7 nitrogen and oxygen atoms in total. The van der Waals surface area contributed by atoms with E-state index >= 15 is 0 Å². The highest BCUT2D eigenvalue weighted by molar-refractivity contribution is 5.95. The van der Waals surface area contributed by atoms with E-state index < -0.39 is 0 Å². The quantitative estimate of drug-likeness (QED) is 0.838. The molecule has 0 saturated carbocycles. The van der Waals surface area contributed by atoms with E-state index in [1.807, 2.05) is 48.8 Å². The van der Waals surface area contributed by atoms with E-state index in [2.05, 4.69) is 10.1 Å². The molecule has 1 saturated heterocycles. The first-order valence-electron chi connectivity index (χ1n) is 9.09. The number of aromatic nitrogens is 3. The summed E-state index contributed by atoms with van der Waals surface area (Å²) in [6.07, 6.45) is 4.02. The summed E-state index contributed by atoms with van der Waals surface area (Å²) in [5.41, 5.74) is 1.47. The molecule has 3 heterocycles. The number of hydrogen-bond acceptors (Lipinski definition) is 4. The van der Waals surface area contributed by atoms with Crippen molar-refractivity contribution < 1.29 is 9.59 Å². The molecule has 3 rings (SSSR count). The Hall–Kier alpha value is -2.70. The number of piperazine rings is 1. The summed E-state index contributed by atoms with van der Waals surface area (Å²) in [7, 11) is 0. The van der Waals surface area contributed by atoms with Crippen LogP contribution in [0, 0.1) is 5.92 Å². The van der Waals surface area contributed by atoms with Crippen LogP contribution >= 0.6 is 0 Å². The Labute approximate surface area is 153 Å². The van der Waals surface area contributed by atoms with E-state index in [9.17, 15) is 9.59 Å².